The van der Waals surface area contributed by atoms with E-state index in [0.717, 1.165) is 53.4 Å². The number of rotatable bonds is 4. The number of halogens is 1. The highest BCUT2D eigenvalue weighted by atomic mass is 19.1. The molecule has 1 saturated heterocycles. The minimum atomic E-state index is -0.305. The first-order valence-electron chi connectivity index (χ1n) is 11.9. The van der Waals surface area contributed by atoms with E-state index in [1.165, 1.54) is 6.07 Å². The Balaban J connectivity index is 1.17. The molecule has 1 saturated carbocycles. The second kappa shape index (κ2) is 7.32. The fraction of sp³-hybridized carbons (Fsp3) is 0.308. The minimum Gasteiger partial charge on any atom is -0.355 e. The lowest BCUT2D eigenvalue weighted by atomic mass is 9.91. The van der Waals surface area contributed by atoms with Gasteiger partial charge in [-0.2, -0.15) is 5.10 Å². The third-order valence-electron chi connectivity index (χ3n) is 8.14. The number of fused-ring (bicyclic) bond motifs is 3. The molecule has 4 aromatic rings. The fourth-order valence-corrected chi connectivity index (χ4v) is 6.35. The number of hydrogen-bond donors (Lipinski definition) is 3. The summed E-state index contributed by atoms with van der Waals surface area (Å²) in [7, 11) is 0. The first kappa shape index (κ1) is 20.5. The number of hydrogen-bond acceptors (Lipinski definition) is 6. The standard InChI is InChI=1S/C26H24FN7O/c27-19-4-2-1-3-17(19)26(13-28)16-7-8-34(12-18(16)26)21-11-29-24-23(32-33-25(24)31-21)15-6-5-14-10-22(35)30-20(14)9-15/h1-6,9,11,16,18H,7-8,10,12-13,28H2,(H,30,35)(H,31,32,33)/t16-,18+,26-/m1/s1. The molecule has 1 amide bonds. The van der Waals surface area contributed by atoms with E-state index in [9.17, 15) is 9.18 Å². The Labute approximate surface area is 200 Å². The van der Waals surface area contributed by atoms with Crippen LogP contribution in [0.3, 0.4) is 0 Å². The summed E-state index contributed by atoms with van der Waals surface area (Å²) >= 11 is 0. The maximum absolute atomic E-state index is 14.7. The lowest BCUT2D eigenvalue weighted by Crippen LogP contribution is -2.32. The summed E-state index contributed by atoms with van der Waals surface area (Å²) in [6.07, 6.45) is 3.12. The van der Waals surface area contributed by atoms with E-state index in [-0.39, 0.29) is 23.1 Å². The summed E-state index contributed by atoms with van der Waals surface area (Å²) in [6, 6.07) is 12.9. The number of H-pyrrole nitrogens is 1. The second-order valence-electron chi connectivity index (χ2n) is 9.77. The van der Waals surface area contributed by atoms with Crippen molar-refractivity contribution in [1.29, 1.82) is 0 Å². The average Bonchev–Trinajstić information content (AvgIpc) is 3.12. The van der Waals surface area contributed by atoms with Crippen molar-refractivity contribution >= 4 is 28.6 Å². The van der Waals surface area contributed by atoms with Gasteiger partial charge in [0.25, 0.3) is 0 Å². The van der Waals surface area contributed by atoms with E-state index in [2.05, 4.69) is 20.4 Å². The maximum atomic E-state index is 14.7. The largest absolute Gasteiger partial charge is 0.355 e. The molecule has 0 radical (unpaired) electrons. The molecule has 2 aromatic heterocycles. The van der Waals surface area contributed by atoms with Crippen LogP contribution < -0.4 is 16.0 Å². The van der Waals surface area contributed by atoms with Gasteiger partial charge in [0.1, 0.15) is 17.2 Å². The predicted octanol–water partition coefficient (Wildman–Crippen LogP) is 3.01. The number of carbonyl (C=O) groups excluding carboxylic acids is 1. The number of nitrogens with two attached hydrogens (primary N) is 1. The van der Waals surface area contributed by atoms with Crippen molar-refractivity contribution in [1.82, 2.24) is 20.2 Å². The highest BCUT2D eigenvalue weighted by Crippen LogP contribution is 2.63. The number of carbonyl (C=O) groups is 1. The fourth-order valence-electron chi connectivity index (χ4n) is 6.35. The summed E-state index contributed by atoms with van der Waals surface area (Å²) in [6.45, 7) is 2.02. The van der Waals surface area contributed by atoms with Gasteiger partial charge < -0.3 is 16.0 Å². The van der Waals surface area contributed by atoms with Gasteiger partial charge in [-0.05, 0) is 41.5 Å². The highest BCUT2D eigenvalue weighted by Gasteiger charge is 2.66. The Morgan fingerprint density at radius 2 is 2.09 bits per heavy atom. The number of aromatic amines is 1. The van der Waals surface area contributed by atoms with E-state index in [0.29, 0.717) is 30.0 Å². The van der Waals surface area contributed by atoms with Gasteiger partial charge in [-0.15, -0.1) is 0 Å². The number of benzene rings is 2. The summed E-state index contributed by atoms with van der Waals surface area (Å²) in [5.41, 5.74) is 11.4. The molecule has 35 heavy (non-hydrogen) atoms. The lowest BCUT2D eigenvalue weighted by Gasteiger charge is -2.26. The summed E-state index contributed by atoms with van der Waals surface area (Å²) in [4.78, 5) is 23.4. The van der Waals surface area contributed by atoms with Gasteiger partial charge in [-0.1, -0.05) is 30.3 Å². The normalized spacial score (nSPS) is 24.9. The maximum Gasteiger partial charge on any atom is 0.228 e. The topological polar surface area (TPSA) is 113 Å². The quantitative estimate of drug-likeness (QED) is 0.424. The monoisotopic (exact) mass is 469 g/mol. The van der Waals surface area contributed by atoms with Gasteiger partial charge in [0.2, 0.25) is 11.6 Å². The Hall–Kier alpha value is -3.85. The first-order chi connectivity index (χ1) is 17.1. The lowest BCUT2D eigenvalue weighted by molar-refractivity contribution is -0.115. The molecular weight excluding hydrogens is 445 g/mol. The molecule has 0 bridgehead atoms. The van der Waals surface area contributed by atoms with E-state index >= 15 is 0 Å². The molecule has 3 atom stereocenters. The van der Waals surface area contributed by atoms with Crippen molar-refractivity contribution in [3.8, 4) is 11.3 Å². The van der Waals surface area contributed by atoms with Gasteiger partial charge in [0, 0.05) is 36.3 Å². The Bertz CT molecular complexity index is 1500. The molecule has 1 aliphatic carbocycles. The second-order valence-corrected chi connectivity index (χ2v) is 9.77. The predicted molar refractivity (Wildman–Crippen MR) is 130 cm³/mol. The molecule has 8 nitrogen and oxygen atoms in total. The molecule has 2 aromatic carbocycles. The molecule has 7 rings (SSSR count). The number of aromatic nitrogens is 4. The van der Waals surface area contributed by atoms with Gasteiger partial charge in [-0.3, -0.25) is 9.89 Å². The molecule has 2 aliphatic heterocycles. The van der Waals surface area contributed by atoms with Crippen molar-refractivity contribution in [3.05, 3.63) is 65.6 Å². The summed E-state index contributed by atoms with van der Waals surface area (Å²) in [5, 5.41) is 10.4. The molecule has 3 aliphatic rings. The Kier molecular flexibility index (Phi) is 4.29. The molecule has 0 spiro atoms. The molecule has 4 heterocycles. The smallest absolute Gasteiger partial charge is 0.228 e. The zero-order valence-corrected chi connectivity index (χ0v) is 19.0. The van der Waals surface area contributed by atoms with Gasteiger partial charge in [0.15, 0.2) is 0 Å². The van der Waals surface area contributed by atoms with Crippen molar-refractivity contribution in [2.45, 2.75) is 18.3 Å². The molecule has 4 N–H and O–H groups in total. The molecular formula is C26H24FN7O. The molecule has 2 fully saturated rings. The van der Waals surface area contributed by atoms with Crippen LogP contribution in [0.2, 0.25) is 0 Å². The van der Waals surface area contributed by atoms with E-state index in [1.54, 1.807) is 12.3 Å². The van der Waals surface area contributed by atoms with Crippen LogP contribution >= 0.6 is 0 Å². The van der Waals surface area contributed by atoms with Crippen LogP contribution in [-0.2, 0) is 16.6 Å². The Morgan fingerprint density at radius 1 is 1.20 bits per heavy atom. The van der Waals surface area contributed by atoms with Gasteiger partial charge in [-0.25, -0.2) is 14.4 Å². The Morgan fingerprint density at radius 3 is 2.94 bits per heavy atom. The molecule has 9 heteroatoms. The van der Waals surface area contributed by atoms with Gasteiger partial charge >= 0.3 is 0 Å². The minimum absolute atomic E-state index is 0.00384. The van der Waals surface area contributed by atoms with Crippen LogP contribution in [0, 0.1) is 17.7 Å². The van der Waals surface area contributed by atoms with E-state index < -0.39 is 0 Å². The average molecular weight is 470 g/mol. The third kappa shape index (κ3) is 2.94. The SMILES string of the molecule is NC[C@]1(c2ccccc2F)[C@@H]2CCN(c3cnc4c(-c5ccc6c(c5)NC(=O)C6)[nH]nc4n3)C[C@@H]21. The number of piperidine rings is 1. The van der Waals surface area contributed by atoms with Crippen LogP contribution in [0.15, 0.2) is 48.7 Å². The van der Waals surface area contributed by atoms with Crippen LogP contribution in [0.5, 0.6) is 0 Å². The molecule has 176 valence electrons. The van der Waals surface area contributed by atoms with E-state index in [4.69, 9.17) is 15.7 Å². The highest BCUT2D eigenvalue weighted by molar-refractivity contribution is 6.00. The van der Waals surface area contributed by atoms with Crippen LogP contribution in [0.4, 0.5) is 15.9 Å². The zero-order chi connectivity index (χ0) is 23.7. The summed E-state index contributed by atoms with van der Waals surface area (Å²) in [5.74, 6) is 1.27. The van der Waals surface area contributed by atoms with Crippen LogP contribution in [-0.4, -0.2) is 45.7 Å². The van der Waals surface area contributed by atoms with Crippen molar-refractivity contribution in [3.63, 3.8) is 0 Å². The van der Waals surface area contributed by atoms with Crippen molar-refractivity contribution in [2.24, 2.45) is 17.6 Å². The summed E-state index contributed by atoms with van der Waals surface area (Å²) < 4.78 is 14.7. The van der Waals surface area contributed by atoms with Gasteiger partial charge in [0.05, 0.1) is 18.3 Å². The first-order valence-corrected chi connectivity index (χ1v) is 11.9. The number of nitrogens with zero attached hydrogens (tertiary/aromatic N) is 4. The number of anilines is 2. The third-order valence-corrected chi connectivity index (χ3v) is 8.14. The van der Waals surface area contributed by atoms with E-state index in [1.807, 2.05) is 30.3 Å². The van der Waals surface area contributed by atoms with Crippen LogP contribution in [0.1, 0.15) is 17.5 Å². The number of nitrogens with one attached hydrogen (secondary N) is 2. The van der Waals surface area contributed by atoms with Crippen molar-refractivity contribution in [2.75, 3.05) is 29.9 Å². The van der Waals surface area contributed by atoms with Crippen molar-refractivity contribution < 1.29 is 9.18 Å². The van der Waals surface area contributed by atoms with Crippen LogP contribution in [0.25, 0.3) is 22.4 Å². The molecule has 0 unspecified atom stereocenters. The zero-order valence-electron chi connectivity index (χ0n) is 19.0. The number of amides is 1.